The summed E-state index contributed by atoms with van der Waals surface area (Å²) >= 11 is 1.30. The highest BCUT2D eigenvalue weighted by Crippen LogP contribution is 2.40. The fraction of sp³-hybridized carbons (Fsp3) is 0.444. The van der Waals surface area contributed by atoms with E-state index in [1.54, 1.807) is 0 Å². The predicted molar refractivity (Wildman–Crippen MR) is 99.7 cm³/mol. The second-order valence-electron chi connectivity index (χ2n) is 6.34. The van der Waals surface area contributed by atoms with E-state index in [2.05, 4.69) is 32.2 Å². The second-order valence-corrected chi connectivity index (χ2v) is 7.28. The van der Waals surface area contributed by atoms with E-state index in [1.165, 1.54) is 18.9 Å². The summed E-state index contributed by atoms with van der Waals surface area (Å²) in [6.07, 6.45) is 1.18. The van der Waals surface area contributed by atoms with Crippen molar-refractivity contribution in [1.29, 1.82) is 0 Å². The zero-order valence-electron chi connectivity index (χ0n) is 15.0. The number of carbonyl (C=O) groups is 2. The highest BCUT2D eigenvalue weighted by atomic mass is 32.2. The standard InChI is InChI=1S/C18H22N4O4S/c1-26-14(17(24)25)9-19-15(23)11-27-18-21-20-16(13-7-8-13)22(18)10-12-5-3-2-4-6-12/h2-6,13-14H,7-11H2,1H3,(H,19,23)(H,24,25). The van der Waals surface area contributed by atoms with E-state index in [0.717, 1.165) is 24.2 Å². The first-order valence-electron chi connectivity index (χ1n) is 8.70. The van der Waals surface area contributed by atoms with Gasteiger partial charge >= 0.3 is 5.97 Å². The van der Waals surface area contributed by atoms with E-state index in [1.807, 2.05) is 18.2 Å². The van der Waals surface area contributed by atoms with E-state index < -0.39 is 12.1 Å². The number of carboxylic acids is 1. The summed E-state index contributed by atoms with van der Waals surface area (Å²) in [7, 11) is 1.30. The lowest BCUT2D eigenvalue weighted by molar-refractivity contribution is -0.148. The molecule has 2 aromatic rings. The molecule has 0 radical (unpaired) electrons. The lowest BCUT2D eigenvalue weighted by Gasteiger charge is -2.12. The van der Waals surface area contributed by atoms with Crippen LogP contribution in [0.3, 0.4) is 0 Å². The zero-order valence-corrected chi connectivity index (χ0v) is 15.8. The Kier molecular flexibility index (Phi) is 6.46. The Bertz CT molecular complexity index is 792. The Hall–Kier alpha value is -2.39. The Morgan fingerprint density at radius 2 is 2.07 bits per heavy atom. The molecule has 8 nitrogen and oxygen atoms in total. The lowest BCUT2D eigenvalue weighted by atomic mass is 10.2. The number of nitrogens with zero attached hydrogens (tertiary/aromatic N) is 3. The van der Waals surface area contributed by atoms with E-state index in [9.17, 15) is 9.59 Å². The zero-order chi connectivity index (χ0) is 19.2. The van der Waals surface area contributed by atoms with Crippen molar-refractivity contribution in [2.24, 2.45) is 0 Å². The van der Waals surface area contributed by atoms with Gasteiger partial charge in [0.1, 0.15) is 5.82 Å². The lowest BCUT2D eigenvalue weighted by Crippen LogP contribution is -2.38. The second kappa shape index (κ2) is 9.01. The summed E-state index contributed by atoms with van der Waals surface area (Å²) in [6, 6.07) is 10.1. The van der Waals surface area contributed by atoms with Gasteiger partial charge in [-0.25, -0.2) is 4.79 Å². The van der Waals surface area contributed by atoms with Crippen LogP contribution >= 0.6 is 11.8 Å². The van der Waals surface area contributed by atoms with E-state index >= 15 is 0 Å². The number of methoxy groups -OCH3 is 1. The maximum absolute atomic E-state index is 12.0. The summed E-state index contributed by atoms with van der Waals surface area (Å²) < 4.78 is 6.87. The molecule has 9 heteroatoms. The van der Waals surface area contributed by atoms with Crippen LogP contribution in [0.2, 0.25) is 0 Å². The molecule has 144 valence electrons. The number of aromatic nitrogens is 3. The molecular formula is C18H22N4O4S. The fourth-order valence-electron chi connectivity index (χ4n) is 2.62. The molecule has 1 fully saturated rings. The summed E-state index contributed by atoms with van der Waals surface area (Å²) in [6.45, 7) is 0.587. The molecule has 1 atom stereocenters. The third kappa shape index (κ3) is 5.30. The number of rotatable bonds is 10. The minimum absolute atomic E-state index is 0.0742. The van der Waals surface area contributed by atoms with E-state index in [0.29, 0.717) is 17.6 Å². The molecular weight excluding hydrogens is 368 g/mol. The van der Waals surface area contributed by atoms with Gasteiger partial charge in [-0.15, -0.1) is 10.2 Å². The average Bonchev–Trinajstić information content (AvgIpc) is 3.43. The number of carboxylic acid groups (broad SMARTS) is 1. The van der Waals surface area contributed by atoms with Crippen molar-refractivity contribution < 1.29 is 19.4 Å². The van der Waals surface area contributed by atoms with Crippen molar-refractivity contribution in [2.75, 3.05) is 19.4 Å². The van der Waals surface area contributed by atoms with Crippen molar-refractivity contribution in [3.05, 3.63) is 41.7 Å². The Morgan fingerprint density at radius 1 is 1.33 bits per heavy atom. The van der Waals surface area contributed by atoms with Gasteiger partial charge in [-0.3, -0.25) is 4.79 Å². The maximum Gasteiger partial charge on any atom is 0.334 e. The number of hydrogen-bond acceptors (Lipinski definition) is 6. The Morgan fingerprint density at radius 3 is 2.70 bits per heavy atom. The topological polar surface area (TPSA) is 106 Å². The van der Waals surface area contributed by atoms with Crippen LogP contribution in [0.15, 0.2) is 35.5 Å². The molecule has 0 saturated heterocycles. The first kappa shape index (κ1) is 19.4. The summed E-state index contributed by atoms with van der Waals surface area (Å²) in [5, 5.41) is 20.8. The smallest absolute Gasteiger partial charge is 0.334 e. The van der Waals surface area contributed by atoms with Crippen molar-refractivity contribution >= 4 is 23.6 Å². The first-order chi connectivity index (χ1) is 13.1. The van der Waals surface area contributed by atoms with Crippen molar-refractivity contribution in [3.8, 4) is 0 Å². The minimum Gasteiger partial charge on any atom is -0.479 e. The molecule has 1 aromatic carbocycles. The van der Waals surface area contributed by atoms with Crippen LogP contribution in [0, 0.1) is 0 Å². The molecule has 1 aliphatic rings. The van der Waals surface area contributed by atoms with Crippen molar-refractivity contribution in [3.63, 3.8) is 0 Å². The average molecular weight is 390 g/mol. The molecule has 1 heterocycles. The Labute approximate surface area is 161 Å². The monoisotopic (exact) mass is 390 g/mol. The third-order valence-electron chi connectivity index (χ3n) is 4.25. The number of thioether (sulfide) groups is 1. The molecule has 1 aromatic heterocycles. The predicted octanol–water partition coefficient (Wildman–Crippen LogP) is 1.51. The first-order valence-corrected chi connectivity index (χ1v) is 9.69. The summed E-state index contributed by atoms with van der Waals surface area (Å²) in [4.78, 5) is 23.0. The number of ether oxygens (including phenoxy) is 1. The van der Waals surface area contributed by atoms with Crippen LogP contribution in [-0.2, 0) is 20.9 Å². The molecule has 1 aliphatic carbocycles. The largest absolute Gasteiger partial charge is 0.479 e. The minimum atomic E-state index is -1.11. The molecule has 0 spiro atoms. The van der Waals surface area contributed by atoms with Gasteiger partial charge in [0, 0.05) is 13.0 Å². The van der Waals surface area contributed by atoms with Crippen molar-refractivity contribution in [2.45, 2.75) is 36.6 Å². The molecule has 1 amide bonds. The maximum atomic E-state index is 12.0. The van der Waals surface area contributed by atoms with Crippen molar-refractivity contribution in [1.82, 2.24) is 20.1 Å². The number of nitrogens with one attached hydrogen (secondary N) is 1. The molecule has 3 rings (SSSR count). The SMILES string of the molecule is COC(CNC(=O)CSc1nnc(C2CC2)n1Cc1ccccc1)C(=O)O. The molecule has 1 saturated carbocycles. The number of aliphatic carboxylic acids is 1. The van der Waals surface area contributed by atoms with E-state index in [-0.39, 0.29) is 18.2 Å². The van der Waals surface area contributed by atoms with Gasteiger partial charge in [-0.1, -0.05) is 42.1 Å². The highest BCUT2D eigenvalue weighted by Gasteiger charge is 2.30. The fourth-order valence-corrected chi connectivity index (χ4v) is 3.40. The molecule has 0 aliphatic heterocycles. The highest BCUT2D eigenvalue weighted by molar-refractivity contribution is 7.99. The van der Waals surface area contributed by atoms with Crippen LogP contribution in [0.5, 0.6) is 0 Å². The summed E-state index contributed by atoms with van der Waals surface area (Å²) in [5.41, 5.74) is 1.15. The van der Waals surface area contributed by atoms with Crippen LogP contribution in [0.1, 0.15) is 30.1 Å². The van der Waals surface area contributed by atoms with Gasteiger partial charge < -0.3 is 19.7 Å². The van der Waals surface area contributed by atoms with Gasteiger partial charge in [0.15, 0.2) is 11.3 Å². The number of amides is 1. The Balaban J connectivity index is 1.61. The quantitative estimate of drug-likeness (QED) is 0.592. The molecule has 2 N–H and O–H groups in total. The molecule has 27 heavy (non-hydrogen) atoms. The van der Waals surface area contributed by atoms with E-state index in [4.69, 9.17) is 9.84 Å². The van der Waals surface area contributed by atoms with Gasteiger partial charge in [-0.2, -0.15) is 0 Å². The number of hydrogen-bond donors (Lipinski definition) is 2. The van der Waals surface area contributed by atoms with Crippen LogP contribution in [0.4, 0.5) is 0 Å². The van der Waals surface area contributed by atoms with Crippen LogP contribution in [0.25, 0.3) is 0 Å². The van der Waals surface area contributed by atoms with Gasteiger partial charge in [0.25, 0.3) is 0 Å². The third-order valence-corrected chi connectivity index (χ3v) is 5.22. The molecule has 1 unspecified atom stereocenters. The van der Waals surface area contributed by atoms with Crippen LogP contribution < -0.4 is 5.32 Å². The van der Waals surface area contributed by atoms with Gasteiger partial charge in [-0.05, 0) is 18.4 Å². The normalized spacial score (nSPS) is 14.7. The van der Waals surface area contributed by atoms with Gasteiger partial charge in [0.2, 0.25) is 5.91 Å². The van der Waals surface area contributed by atoms with Gasteiger partial charge in [0.05, 0.1) is 18.8 Å². The van der Waals surface area contributed by atoms with Crippen LogP contribution in [-0.4, -0.2) is 57.3 Å². The number of benzene rings is 1. The summed E-state index contributed by atoms with van der Waals surface area (Å²) in [5.74, 6) is 0.162. The molecule has 0 bridgehead atoms. The number of carbonyl (C=O) groups excluding carboxylic acids is 1.